The number of aryl methyl sites for hydroxylation is 1. The first-order valence-electron chi connectivity index (χ1n) is 8.77. The molecule has 0 aromatic carbocycles. The van der Waals surface area contributed by atoms with Crippen LogP contribution < -0.4 is 4.90 Å². The van der Waals surface area contributed by atoms with Crippen LogP contribution in [0.5, 0.6) is 0 Å². The van der Waals surface area contributed by atoms with E-state index in [2.05, 4.69) is 24.7 Å². The summed E-state index contributed by atoms with van der Waals surface area (Å²) in [7, 11) is 0. The lowest BCUT2D eigenvalue weighted by Crippen LogP contribution is -2.50. The summed E-state index contributed by atoms with van der Waals surface area (Å²) >= 11 is 0. The number of aromatic nitrogens is 2. The highest BCUT2D eigenvalue weighted by Crippen LogP contribution is 2.14. The van der Waals surface area contributed by atoms with E-state index < -0.39 is 0 Å². The third-order valence-corrected chi connectivity index (χ3v) is 4.78. The molecule has 0 spiro atoms. The van der Waals surface area contributed by atoms with Crippen molar-refractivity contribution in [2.45, 2.75) is 32.6 Å². The van der Waals surface area contributed by atoms with E-state index >= 15 is 0 Å². The number of hydrogen-bond donors (Lipinski definition) is 0. The van der Waals surface area contributed by atoms with Gasteiger partial charge in [-0.3, -0.25) is 9.69 Å². The van der Waals surface area contributed by atoms with Crippen LogP contribution in [0.25, 0.3) is 0 Å². The van der Waals surface area contributed by atoms with Crippen LogP contribution >= 0.6 is 0 Å². The Bertz CT molecular complexity index is 519. The van der Waals surface area contributed by atoms with E-state index in [-0.39, 0.29) is 0 Å². The summed E-state index contributed by atoms with van der Waals surface area (Å²) in [6, 6.07) is 1.96. The monoisotopic (exact) mass is 317 g/mol. The number of piperazine rings is 1. The smallest absolute Gasteiger partial charge is 0.236 e. The standard InChI is InChI=1S/C17H27N5O/c1-15-18-7-6-16(19-15)21-12-10-20(11-13-21)14-17(23)22-8-4-2-3-5-9-22/h6-7H,2-5,8-14H2,1H3. The maximum Gasteiger partial charge on any atom is 0.236 e. The zero-order chi connectivity index (χ0) is 16.1. The van der Waals surface area contributed by atoms with Gasteiger partial charge in [0.15, 0.2) is 0 Å². The Morgan fingerprint density at radius 1 is 1.04 bits per heavy atom. The predicted octanol–water partition coefficient (Wildman–Crippen LogP) is 1.31. The highest BCUT2D eigenvalue weighted by molar-refractivity contribution is 5.78. The topological polar surface area (TPSA) is 52.6 Å². The fraction of sp³-hybridized carbons (Fsp3) is 0.706. The highest BCUT2D eigenvalue weighted by atomic mass is 16.2. The third-order valence-electron chi connectivity index (χ3n) is 4.78. The Morgan fingerprint density at radius 2 is 1.74 bits per heavy atom. The van der Waals surface area contributed by atoms with Crippen LogP contribution in [0.15, 0.2) is 12.3 Å². The minimum Gasteiger partial charge on any atom is -0.354 e. The van der Waals surface area contributed by atoms with Crippen molar-refractivity contribution < 1.29 is 4.79 Å². The zero-order valence-corrected chi connectivity index (χ0v) is 14.1. The first kappa shape index (κ1) is 16.2. The van der Waals surface area contributed by atoms with Gasteiger partial charge in [-0.15, -0.1) is 0 Å². The molecule has 3 rings (SSSR count). The van der Waals surface area contributed by atoms with E-state index in [1.807, 2.05) is 19.2 Å². The summed E-state index contributed by atoms with van der Waals surface area (Å²) in [5.74, 6) is 2.11. The molecule has 2 fully saturated rings. The second-order valence-corrected chi connectivity index (χ2v) is 6.52. The number of amides is 1. The molecule has 0 unspecified atom stereocenters. The largest absolute Gasteiger partial charge is 0.354 e. The average molecular weight is 317 g/mol. The lowest BCUT2D eigenvalue weighted by molar-refractivity contribution is -0.132. The fourth-order valence-electron chi connectivity index (χ4n) is 3.37. The van der Waals surface area contributed by atoms with Gasteiger partial charge >= 0.3 is 0 Å². The number of carbonyl (C=O) groups is 1. The second-order valence-electron chi connectivity index (χ2n) is 6.52. The Balaban J connectivity index is 1.48. The minimum absolute atomic E-state index is 0.304. The average Bonchev–Trinajstić information content (AvgIpc) is 2.85. The molecule has 6 nitrogen and oxygen atoms in total. The van der Waals surface area contributed by atoms with Gasteiger partial charge in [0.1, 0.15) is 11.6 Å². The molecule has 23 heavy (non-hydrogen) atoms. The van der Waals surface area contributed by atoms with E-state index in [9.17, 15) is 4.79 Å². The van der Waals surface area contributed by atoms with Gasteiger partial charge < -0.3 is 9.80 Å². The van der Waals surface area contributed by atoms with Crippen molar-refractivity contribution in [3.63, 3.8) is 0 Å². The number of nitrogens with zero attached hydrogens (tertiary/aromatic N) is 5. The molecule has 1 amide bonds. The zero-order valence-electron chi connectivity index (χ0n) is 14.1. The molecule has 2 saturated heterocycles. The normalized spacial score (nSPS) is 20.4. The van der Waals surface area contributed by atoms with Gasteiger partial charge in [0.25, 0.3) is 0 Å². The Hall–Kier alpha value is -1.69. The van der Waals surface area contributed by atoms with Gasteiger partial charge in [-0.05, 0) is 25.8 Å². The lowest BCUT2D eigenvalue weighted by atomic mass is 10.2. The van der Waals surface area contributed by atoms with Crippen LogP contribution in [0.3, 0.4) is 0 Å². The summed E-state index contributed by atoms with van der Waals surface area (Å²) < 4.78 is 0. The molecule has 126 valence electrons. The maximum absolute atomic E-state index is 12.5. The molecule has 0 atom stereocenters. The van der Waals surface area contributed by atoms with Crippen LogP contribution in [0.4, 0.5) is 5.82 Å². The van der Waals surface area contributed by atoms with E-state index in [0.29, 0.717) is 12.5 Å². The Labute approximate surface area is 138 Å². The molecule has 6 heteroatoms. The van der Waals surface area contributed by atoms with Gasteiger partial charge in [0, 0.05) is 45.5 Å². The molecule has 2 aliphatic heterocycles. The fourth-order valence-corrected chi connectivity index (χ4v) is 3.37. The van der Waals surface area contributed by atoms with E-state index in [4.69, 9.17) is 0 Å². The molecule has 0 saturated carbocycles. The van der Waals surface area contributed by atoms with Gasteiger partial charge in [-0.2, -0.15) is 0 Å². The van der Waals surface area contributed by atoms with Crippen LogP contribution in [-0.4, -0.2) is 71.5 Å². The number of anilines is 1. The second kappa shape index (κ2) is 7.73. The molecule has 2 aliphatic rings. The molecular weight excluding hydrogens is 290 g/mol. The van der Waals surface area contributed by atoms with E-state index in [1.54, 1.807) is 0 Å². The van der Waals surface area contributed by atoms with Crippen LogP contribution in [0, 0.1) is 6.92 Å². The van der Waals surface area contributed by atoms with Crippen LogP contribution in [-0.2, 0) is 4.79 Å². The summed E-state index contributed by atoms with van der Waals surface area (Å²) in [6.07, 6.45) is 6.66. The van der Waals surface area contributed by atoms with Gasteiger partial charge in [-0.25, -0.2) is 9.97 Å². The van der Waals surface area contributed by atoms with Crippen molar-refractivity contribution in [3.05, 3.63) is 18.1 Å². The van der Waals surface area contributed by atoms with Crippen LogP contribution in [0.2, 0.25) is 0 Å². The number of carbonyl (C=O) groups excluding carboxylic acids is 1. The molecular formula is C17H27N5O. The molecule has 0 bridgehead atoms. The van der Waals surface area contributed by atoms with Crippen LogP contribution in [0.1, 0.15) is 31.5 Å². The van der Waals surface area contributed by atoms with Crippen molar-refractivity contribution in [2.75, 3.05) is 50.7 Å². The molecule has 0 radical (unpaired) electrons. The summed E-state index contributed by atoms with van der Waals surface area (Å²) in [5, 5.41) is 0. The predicted molar refractivity (Wildman–Crippen MR) is 90.5 cm³/mol. The van der Waals surface area contributed by atoms with E-state index in [1.165, 1.54) is 12.8 Å². The summed E-state index contributed by atoms with van der Waals surface area (Å²) in [6.45, 7) is 8.05. The maximum atomic E-state index is 12.5. The third kappa shape index (κ3) is 4.41. The van der Waals surface area contributed by atoms with Crippen molar-refractivity contribution >= 4 is 11.7 Å². The minimum atomic E-state index is 0.304. The molecule has 0 N–H and O–H groups in total. The first-order chi connectivity index (χ1) is 11.2. The Morgan fingerprint density at radius 3 is 2.39 bits per heavy atom. The highest BCUT2D eigenvalue weighted by Gasteiger charge is 2.22. The first-order valence-corrected chi connectivity index (χ1v) is 8.77. The molecule has 1 aromatic rings. The summed E-state index contributed by atoms with van der Waals surface area (Å²) in [5.41, 5.74) is 0. The number of hydrogen-bond acceptors (Lipinski definition) is 5. The number of likely N-dealkylation sites (tertiary alicyclic amines) is 1. The summed E-state index contributed by atoms with van der Waals surface area (Å²) in [4.78, 5) is 27.7. The quantitative estimate of drug-likeness (QED) is 0.841. The molecule has 3 heterocycles. The van der Waals surface area contributed by atoms with Gasteiger partial charge in [0.2, 0.25) is 5.91 Å². The van der Waals surface area contributed by atoms with Crippen molar-refractivity contribution in [3.8, 4) is 0 Å². The van der Waals surface area contributed by atoms with Crippen molar-refractivity contribution in [1.29, 1.82) is 0 Å². The van der Waals surface area contributed by atoms with Gasteiger partial charge in [-0.1, -0.05) is 12.8 Å². The van der Waals surface area contributed by atoms with Crippen molar-refractivity contribution in [2.24, 2.45) is 0 Å². The van der Waals surface area contributed by atoms with Gasteiger partial charge in [0.05, 0.1) is 6.54 Å². The van der Waals surface area contributed by atoms with E-state index in [0.717, 1.165) is 63.8 Å². The lowest BCUT2D eigenvalue weighted by Gasteiger charge is -2.36. The Kier molecular flexibility index (Phi) is 5.43. The molecule has 0 aliphatic carbocycles. The number of rotatable bonds is 3. The SMILES string of the molecule is Cc1nccc(N2CCN(CC(=O)N3CCCCCC3)CC2)n1. The van der Waals surface area contributed by atoms with Crippen molar-refractivity contribution in [1.82, 2.24) is 19.8 Å². The molecule has 1 aromatic heterocycles.